The van der Waals surface area contributed by atoms with Crippen LogP contribution in [-0.2, 0) is 11.0 Å². The molecule has 2 heterocycles. The molecule has 0 aliphatic carbocycles. The molecule has 0 aromatic carbocycles. The zero-order valence-electron chi connectivity index (χ0n) is 10.9. The fourth-order valence-electron chi connectivity index (χ4n) is 2.06. The number of hydrogen-bond donors (Lipinski definition) is 1. The standard InChI is InChI=1S/C11H15F3N4OS/c1-2-8(19)15-7-4-3-5-18(6-7)10-17-16-9(20-10)11(12,13)14/h7H,2-6H2,1H3,(H,15,19)/t7-/m0/s1. The number of halogens is 3. The van der Waals surface area contributed by atoms with Gasteiger partial charge in [0.05, 0.1) is 0 Å². The lowest BCUT2D eigenvalue weighted by Crippen LogP contribution is -2.47. The van der Waals surface area contributed by atoms with Crippen molar-refractivity contribution in [3.63, 3.8) is 0 Å². The maximum Gasteiger partial charge on any atom is 0.445 e. The Balaban J connectivity index is 2.02. The molecule has 1 aromatic heterocycles. The number of nitrogens with zero attached hydrogens (tertiary/aromatic N) is 3. The molecule has 1 aromatic rings. The van der Waals surface area contributed by atoms with E-state index in [0.29, 0.717) is 30.8 Å². The molecule has 0 radical (unpaired) electrons. The van der Waals surface area contributed by atoms with Crippen LogP contribution in [0.15, 0.2) is 0 Å². The van der Waals surface area contributed by atoms with Crippen LogP contribution < -0.4 is 10.2 Å². The number of alkyl halides is 3. The summed E-state index contributed by atoms with van der Waals surface area (Å²) in [5.74, 6) is -0.0508. The summed E-state index contributed by atoms with van der Waals surface area (Å²) in [6, 6.07) is -0.0468. The molecule has 1 atom stereocenters. The molecule has 5 nitrogen and oxygen atoms in total. The maximum absolute atomic E-state index is 12.5. The van der Waals surface area contributed by atoms with E-state index in [4.69, 9.17) is 0 Å². The molecule has 1 amide bonds. The fourth-order valence-corrected chi connectivity index (χ4v) is 2.80. The highest BCUT2D eigenvalue weighted by molar-refractivity contribution is 7.15. The first-order valence-corrected chi connectivity index (χ1v) is 7.16. The molecule has 1 fully saturated rings. The van der Waals surface area contributed by atoms with Crippen LogP contribution in [-0.4, -0.2) is 35.2 Å². The fraction of sp³-hybridized carbons (Fsp3) is 0.727. The van der Waals surface area contributed by atoms with Crippen molar-refractivity contribution in [2.24, 2.45) is 0 Å². The highest BCUT2D eigenvalue weighted by Gasteiger charge is 2.36. The number of carbonyl (C=O) groups is 1. The zero-order valence-corrected chi connectivity index (χ0v) is 11.7. The molecule has 0 unspecified atom stereocenters. The second-order valence-electron chi connectivity index (χ2n) is 4.59. The Morgan fingerprint density at radius 3 is 2.85 bits per heavy atom. The van der Waals surface area contributed by atoms with Gasteiger partial charge in [0, 0.05) is 25.6 Å². The molecule has 112 valence electrons. The maximum atomic E-state index is 12.5. The van der Waals surface area contributed by atoms with Crippen LogP contribution in [0.1, 0.15) is 31.2 Å². The number of aromatic nitrogens is 2. The topological polar surface area (TPSA) is 58.1 Å². The van der Waals surface area contributed by atoms with Crippen molar-refractivity contribution >= 4 is 22.4 Å². The van der Waals surface area contributed by atoms with Gasteiger partial charge in [-0.05, 0) is 12.8 Å². The predicted octanol–water partition coefficient (Wildman–Crippen LogP) is 2.05. The van der Waals surface area contributed by atoms with E-state index >= 15 is 0 Å². The van der Waals surface area contributed by atoms with Gasteiger partial charge >= 0.3 is 6.18 Å². The molecular weight excluding hydrogens is 293 g/mol. The lowest BCUT2D eigenvalue weighted by Gasteiger charge is -2.32. The Labute approximate surface area is 118 Å². The second-order valence-corrected chi connectivity index (χ2v) is 5.55. The molecule has 20 heavy (non-hydrogen) atoms. The molecular formula is C11H15F3N4OS. The average Bonchev–Trinajstić information content (AvgIpc) is 2.88. The van der Waals surface area contributed by atoms with Gasteiger partial charge in [0.15, 0.2) is 0 Å². The third-order valence-corrected chi connectivity index (χ3v) is 4.06. The monoisotopic (exact) mass is 308 g/mol. The summed E-state index contributed by atoms with van der Waals surface area (Å²) in [7, 11) is 0. The highest BCUT2D eigenvalue weighted by Crippen LogP contribution is 2.34. The van der Waals surface area contributed by atoms with Gasteiger partial charge in [-0.1, -0.05) is 18.3 Å². The van der Waals surface area contributed by atoms with E-state index in [1.807, 2.05) is 0 Å². The van der Waals surface area contributed by atoms with E-state index in [9.17, 15) is 18.0 Å². The smallest absolute Gasteiger partial charge is 0.352 e. The van der Waals surface area contributed by atoms with Crippen molar-refractivity contribution in [1.82, 2.24) is 15.5 Å². The summed E-state index contributed by atoms with van der Waals surface area (Å²) in [5.41, 5.74) is 0. The average molecular weight is 308 g/mol. The van der Waals surface area contributed by atoms with Crippen molar-refractivity contribution in [2.45, 2.75) is 38.4 Å². The van der Waals surface area contributed by atoms with Crippen molar-refractivity contribution in [2.75, 3.05) is 18.0 Å². The number of amides is 1. The first-order valence-electron chi connectivity index (χ1n) is 6.35. The molecule has 0 spiro atoms. The van der Waals surface area contributed by atoms with E-state index < -0.39 is 11.2 Å². The lowest BCUT2D eigenvalue weighted by molar-refractivity contribution is -0.138. The number of anilines is 1. The Morgan fingerprint density at radius 2 is 2.25 bits per heavy atom. The normalized spacial score (nSPS) is 20.0. The van der Waals surface area contributed by atoms with E-state index in [2.05, 4.69) is 15.5 Å². The number of piperidine rings is 1. The minimum absolute atomic E-state index is 0.0468. The lowest BCUT2D eigenvalue weighted by atomic mass is 10.1. The van der Waals surface area contributed by atoms with Gasteiger partial charge in [-0.2, -0.15) is 13.2 Å². The van der Waals surface area contributed by atoms with Gasteiger partial charge in [-0.25, -0.2) is 0 Å². The van der Waals surface area contributed by atoms with E-state index in [1.54, 1.807) is 11.8 Å². The molecule has 1 N–H and O–H groups in total. The van der Waals surface area contributed by atoms with Crippen LogP contribution in [0.2, 0.25) is 0 Å². The highest BCUT2D eigenvalue weighted by atomic mass is 32.1. The third kappa shape index (κ3) is 3.59. The van der Waals surface area contributed by atoms with Gasteiger partial charge in [-0.3, -0.25) is 4.79 Å². The predicted molar refractivity (Wildman–Crippen MR) is 68.6 cm³/mol. The Morgan fingerprint density at radius 1 is 1.50 bits per heavy atom. The number of nitrogens with one attached hydrogen (secondary N) is 1. The molecule has 0 saturated carbocycles. The van der Waals surface area contributed by atoms with Gasteiger partial charge in [0.1, 0.15) is 0 Å². The number of rotatable bonds is 3. The van der Waals surface area contributed by atoms with Crippen LogP contribution in [0.4, 0.5) is 18.3 Å². The van der Waals surface area contributed by atoms with Crippen molar-refractivity contribution in [3.8, 4) is 0 Å². The second kappa shape index (κ2) is 5.94. The molecule has 9 heteroatoms. The first kappa shape index (κ1) is 15.0. The Hall–Kier alpha value is -1.38. The molecule has 1 saturated heterocycles. The first-order chi connectivity index (χ1) is 9.40. The summed E-state index contributed by atoms with van der Waals surface area (Å²) in [4.78, 5) is 13.1. The third-order valence-electron chi connectivity index (χ3n) is 3.03. The van der Waals surface area contributed by atoms with E-state index in [-0.39, 0.29) is 17.1 Å². The van der Waals surface area contributed by atoms with Crippen molar-refractivity contribution in [3.05, 3.63) is 5.01 Å². The minimum atomic E-state index is -4.46. The SMILES string of the molecule is CCC(=O)N[C@H]1CCCN(c2nnc(C(F)(F)F)s2)C1. The van der Waals surface area contributed by atoms with E-state index in [0.717, 1.165) is 12.8 Å². The van der Waals surface area contributed by atoms with Crippen LogP contribution in [0.5, 0.6) is 0 Å². The summed E-state index contributed by atoms with van der Waals surface area (Å²) >= 11 is 0.539. The zero-order chi connectivity index (χ0) is 14.8. The Bertz CT molecular complexity index is 476. The van der Waals surface area contributed by atoms with Crippen molar-refractivity contribution < 1.29 is 18.0 Å². The van der Waals surface area contributed by atoms with Crippen LogP contribution in [0, 0.1) is 0 Å². The molecule has 1 aliphatic heterocycles. The summed E-state index contributed by atoms with van der Waals surface area (Å²) in [5, 5.41) is 8.96. The van der Waals surface area contributed by atoms with Gasteiger partial charge in [-0.15, -0.1) is 10.2 Å². The summed E-state index contributed by atoms with van der Waals surface area (Å²) in [6.07, 6.45) is -2.43. The van der Waals surface area contributed by atoms with Crippen molar-refractivity contribution in [1.29, 1.82) is 0 Å². The van der Waals surface area contributed by atoms with Gasteiger partial charge in [0.25, 0.3) is 0 Å². The number of hydrogen-bond acceptors (Lipinski definition) is 5. The summed E-state index contributed by atoms with van der Waals surface area (Å²) < 4.78 is 37.5. The number of carbonyl (C=O) groups excluding carboxylic acids is 1. The molecule has 1 aliphatic rings. The Kier molecular flexibility index (Phi) is 4.46. The molecule has 0 bridgehead atoms. The van der Waals surface area contributed by atoms with E-state index in [1.165, 1.54) is 0 Å². The van der Waals surface area contributed by atoms with Gasteiger partial charge in [0.2, 0.25) is 16.0 Å². The molecule has 2 rings (SSSR count). The van der Waals surface area contributed by atoms with Crippen LogP contribution >= 0.6 is 11.3 Å². The van der Waals surface area contributed by atoms with Crippen LogP contribution in [0.3, 0.4) is 0 Å². The quantitative estimate of drug-likeness (QED) is 0.928. The van der Waals surface area contributed by atoms with Gasteiger partial charge < -0.3 is 10.2 Å². The largest absolute Gasteiger partial charge is 0.445 e. The van der Waals surface area contributed by atoms with Crippen LogP contribution in [0.25, 0.3) is 0 Å². The minimum Gasteiger partial charge on any atom is -0.352 e. The summed E-state index contributed by atoms with van der Waals surface area (Å²) in [6.45, 7) is 2.86.